The van der Waals surface area contributed by atoms with Crippen LogP contribution in [-0.2, 0) is 21.3 Å². The molecule has 2 saturated heterocycles. The third kappa shape index (κ3) is 5.78. The van der Waals surface area contributed by atoms with Crippen LogP contribution in [0.3, 0.4) is 0 Å². The number of carbonyl (C=O) groups excluding carboxylic acids is 1. The van der Waals surface area contributed by atoms with Crippen molar-refractivity contribution in [3.63, 3.8) is 0 Å². The molecule has 9 rings (SSSR count). The summed E-state index contributed by atoms with van der Waals surface area (Å²) in [5.41, 5.74) is 5.69. The van der Waals surface area contributed by atoms with Crippen LogP contribution in [0.25, 0.3) is 61.0 Å². The molecule has 0 bridgehead atoms. The first-order valence-corrected chi connectivity index (χ1v) is 19.8. The molecule has 0 atom stereocenters. The van der Waals surface area contributed by atoms with Crippen molar-refractivity contribution >= 4 is 60.0 Å². The smallest absolute Gasteiger partial charge is 0.255 e. The molecule has 1 spiro atoms. The van der Waals surface area contributed by atoms with Crippen molar-refractivity contribution in [2.75, 3.05) is 51.0 Å². The number of aromatic nitrogens is 3. The molecule has 0 unspecified atom stereocenters. The van der Waals surface area contributed by atoms with Crippen LogP contribution in [-0.4, -0.2) is 80.2 Å². The highest BCUT2D eigenvalue weighted by Gasteiger charge is 2.44. The lowest BCUT2D eigenvalue weighted by molar-refractivity contribution is -0.0847. The summed E-state index contributed by atoms with van der Waals surface area (Å²) in [5.74, 6) is 0.158. The van der Waals surface area contributed by atoms with Crippen molar-refractivity contribution in [3.05, 3.63) is 95.6 Å². The quantitative estimate of drug-likeness (QED) is 0.193. The van der Waals surface area contributed by atoms with Gasteiger partial charge in [0, 0.05) is 73.8 Å². The van der Waals surface area contributed by atoms with E-state index in [2.05, 4.69) is 20.7 Å². The predicted molar refractivity (Wildman–Crippen MR) is 208 cm³/mol. The van der Waals surface area contributed by atoms with Gasteiger partial charge in [-0.1, -0.05) is 6.07 Å². The molecule has 0 radical (unpaired) electrons. The van der Waals surface area contributed by atoms with Crippen LogP contribution >= 0.6 is 0 Å². The van der Waals surface area contributed by atoms with Gasteiger partial charge in [-0.25, -0.2) is 22.8 Å². The molecule has 4 aromatic heterocycles. The number of hydrogen-bond donors (Lipinski definition) is 1. The van der Waals surface area contributed by atoms with Crippen LogP contribution in [0, 0.1) is 22.6 Å². The first-order chi connectivity index (χ1) is 26.5. The van der Waals surface area contributed by atoms with Gasteiger partial charge in [-0.2, -0.15) is 5.26 Å². The molecule has 1 N–H and O–H groups in total. The summed E-state index contributed by atoms with van der Waals surface area (Å²) in [5, 5.41) is 13.9. The molecular weight excluding hydrogens is 722 g/mol. The van der Waals surface area contributed by atoms with Gasteiger partial charge in [0.05, 0.1) is 57.9 Å². The number of anilines is 1. The molecule has 2 aliphatic rings. The first-order valence-electron chi connectivity index (χ1n) is 17.9. The van der Waals surface area contributed by atoms with E-state index in [0.29, 0.717) is 45.3 Å². The van der Waals surface area contributed by atoms with Crippen LogP contribution < -0.4 is 9.62 Å². The number of nitrogens with one attached hydrogen (secondary N) is 1. The van der Waals surface area contributed by atoms with Crippen molar-refractivity contribution in [2.45, 2.75) is 19.4 Å². The number of likely N-dealkylation sites (tertiary alicyclic amines) is 1. The standard InChI is InChI=1S/C41H36FN7O5S/c1-44-40(50)37-29-17-28(33(47(2)55(3,51)52)19-35(29)54-39(37)24-7-9-26(42)10-8-24)30-11-12-31-38(46-30)34-18-27-25(20-43)5-4-6-32(27)49(34)36(45-31)21-48-22-41(23-48)13-15-53-16-14-41/h4-12,17-19H,13-16,21-23H2,1-3H3,(H,44,50). The van der Waals surface area contributed by atoms with Gasteiger partial charge < -0.3 is 14.5 Å². The van der Waals surface area contributed by atoms with E-state index in [4.69, 9.17) is 19.1 Å². The predicted octanol–water partition coefficient (Wildman–Crippen LogP) is 6.49. The highest BCUT2D eigenvalue weighted by molar-refractivity contribution is 7.92. The number of fused-ring (bicyclic) bond motifs is 6. The fourth-order valence-corrected chi connectivity index (χ4v) is 8.73. The van der Waals surface area contributed by atoms with E-state index in [1.54, 1.807) is 24.3 Å². The van der Waals surface area contributed by atoms with Gasteiger partial charge in [0.25, 0.3) is 5.91 Å². The number of ether oxygens (including phenoxy) is 1. The lowest BCUT2D eigenvalue weighted by Crippen LogP contribution is -2.57. The molecule has 2 fully saturated rings. The van der Waals surface area contributed by atoms with Crippen LogP contribution in [0.4, 0.5) is 10.1 Å². The molecule has 12 nitrogen and oxygen atoms in total. The number of rotatable bonds is 7. The summed E-state index contributed by atoms with van der Waals surface area (Å²) >= 11 is 0. The molecule has 3 aromatic carbocycles. The maximum absolute atomic E-state index is 13.9. The molecule has 1 amide bonds. The second-order valence-corrected chi connectivity index (χ2v) is 16.6. The lowest BCUT2D eigenvalue weighted by Gasteiger charge is -2.52. The molecular formula is C41H36FN7O5S. The molecule has 7 aromatic rings. The molecule has 2 aliphatic heterocycles. The second-order valence-electron chi connectivity index (χ2n) is 14.6. The maximum atomic E-state index is 13.9. The number of halogens is 1. The number of carbonyl (C=O) groups is 1. The Bertz CT molecular complexity index is 2870. The van der Waals surface area contributed by atoms with Crippen molar-refractivity contribution < 1.29 is 26.8 Å². The minimum Gasteiger partial charge on any atom is -0.455 e. The second kappa shape index (κ2) is 12.9. The SMILES string of the molecule is CNC(=O)c1c(-c2ccc(F)cc2)oc2cc(N(C)S(C)(=O)=O)c(-c3ccc4nc(CN5CC6(CCOCC6)C5)n5c6cccc(C#N)c6cc5c4n3)cc12. The zero-order valence-electron chi connectivity index (χ0n) is 30.4. The van der Waals surface area contributed by atoms with Gasteiger partial charge in [-0.15, -0.1) is 0 Å². The number of hydrogen-bond acceptors (Lipinski definition) is 9. The van der Waals surface area contributed by atoms with Gasteiger partial charge >= 0.3 is 0 Å². The van der Waals surface area contributed by atoms with Gasteiger partial charge in [0.1, 0.15) is 28.5 Å². The zero-order valence-corrected chi connectivity index (χ0v) is 31.2. The lowest BCUT2D eigenvalue weighted by atomic mass is 9.73. The van der Waals surface area contributed by atoms with Crippen molar-refractivity contribution in [3.8, 4) is 28.7 Å². The highest BCUT2D eigenvalue weighted by Crippen LogP contribution is 2.43. The number of sulfonamides is 1. The Hall–Kier alpha value is -5.88. The van der Waals surface area contributed by atoms with Crippen molar-refractivity contribution in [1.29, 1.82) is 5.26 Å². The van der Waals surface area contributed by atoms with Crippen LogP contribution in [0.5, 0.6) is 0 Å². The number of benzene rings is 3. The topological polar surface area (TPSA) is 146 Å². The molecule has 14 heteroatoms. The molecule has 0 saturated carbocycles. The number of pyridine rings is 1. The fraction of sp³-hybridized carbons (Fsp3) is 0.268. The summed E-state index contributed by atoms with van der Waals surface area (Å²) in [4.78, 5) is 26.2. The largest absolute Gasteiger partial charge is 0.455 e. The van der Waals surface area contributed by atoms with E-state index in [9.17, 15) is 22.9 Å². The van der Waals surface area contributed by atoms with Gasteiger partial charge in [-0.3, -0.25) is 18.4 Å². The summed E-state index contributed by atoms with van der Waals surface area (Å²) in [6, 6.07) is 22.5. The van der Waals surface area contributed by atoms with Crippen LogP contribution in [0.2, 0.25) is 0 Å². The van der Waals surface area contributed by atoms with E-state index in [1.165, 1.54) is 38.4 Å². The van der Waals surface area contributed by atoms with E-state index in [1.807, 2.05) is 24.3 Å². The monoisotopic (exact) mass is 757 g/mol. The molecule has 55 heavy (non-hydrogen) atoms. The Balaban J connectivity index is 1.25. The minimum atomic E-state index is -3.78. The average molecular weight is 758 g/mol. The van der Waals surface area contributed by atoms with Crippen molar-refractivity contribution in [1.82, 2.24) is 24.6 Å². The maximum Gasteiger partial charge on any atom is 0.255 e. The summed E-state index contributed by atoms with van der Waals surface area (Å²) in [7, 11) is -0.831. The highest BCUT2D eigenvalue weighted by atomic mass is 32.2. The Kier molecular flexibility index (Phi) is 8.16. The summed E-state index contributed by atoms with van der Waals surface area (Å²) in [6.45, 7) is 4.11. The average Bonchev–Trinajstić information content (AvgIpc) is 3.76. The third-order valence-corrected chi connectivity index (χ3v) is 12.3. The number of amides is 1. The van der Waals surface area contributed by atoms with E-state index in [-0.39, 0.29) is 28.0 Å². The Morgan fingerprint density at radius 2 is 1.78 bits per heavy atom. The summed E-state index contributed by atoms with van der Waals surface area (Å²) < 4.78 is 55.1. The first kappa shape index (κ1) is 34.9. The number of furan rings is 1. The summed E-state index contributed by atoms with van der Waals surface area (Å²) in [6.07, 6.45) is 3.20. The third-order valence-electron chi connectivity index (χ3n) is 11.1. The van der Waals surface area contributed by atoms with Gasteiger partial charge in [0.15, 0.2) is 0 Å². The van der Waals surface area contributed by atoms with Crippen molar-refractivity contribution in [2.24, 2.45) is 5.41 Å². The normalized spacial score (nSPS) is 15.8. The van der Waals surface area contributed by atoms with Gasteiger partial charge in [-0.05, 0) is 73.5 Å². The van der Waals surface area contributed by atoms with E-state index in [0.717, 1.165) is 71.9 Å². The molecule has 6 heterocycles. The minimum absolute atomic E-state index is 0.211. The fourth-order valence-electron chi connectivity index (χ4n) is 8.22. The van der Waals surface area contributed by atoms with E-state index < -0.39 is 21.7 Å². The Labute approximate surface area is 315 Å². The van der Waals surface area contributed by atoms with Crippen LogP contribution in [0.1, 0.15) is 34.6 Å². The molecule has 278 valence electrons. The van der Waals surface area contributed by atoms with Crippen LogP contribution in [0.15, 0.2) is 77.2 Å². The number of nitriles is 1. The van der Waals surface area contributed by atoms with E-state index >= 15 is 0 Å². The Morgan fingerprint density at radius 1 is 1.02 bits per heavy atom. The van der Waals surface area contributed by atoms with Gasteiger partial charge in [0.2, 0.25) is 10.0 Å². The number of nitrogens with zero attached hydrogens (tertiary/aromatic N) is 6. The molecule has 0 aliphatic carbocycles. The zero-order chi connectivity index (χ0) is 38.2. The Morgan fingerprint density at radius 3 is 2.49 bits per heavy atom.